The largest absolute Gasteiger partial charge is 0.507 e. The first-order valence-electron chi connectivity index (χ1n) is 11.6. The Morgan fingerprint density at radius 2 is 1.67 bits per heavy atom. The van der Waals surface area contributed by atoms with E-state index in [4.69, 9.17) is 0 Å². The van der Waals surface area contributed by atoms with E-state index in [0.29, 0.717) is 10.7 Å². The van der Waals surface area contributed by atoms with Crippen LogP contribution in [0.2, 0.25) is 0 Å². The van der Waals surface area contributed by atoms with Gasteiger partial charge in [0, 0.05) is 5.56 Å². The first-order valence-corrected chi connectivity index (χ1v) is 12.4. The van der Waals surface area contributed by atoms with Gasteiger partial charge in [0.2, 0.25) is 0 Å². The standard InChI is InChI=1S/C29H25FN2O3S/c1-16-5-14-21-22(15-16)36-28(31-21)32-24(17-6-10-19(11-7-17)29(2,3)4)23(26(34)27(32)35)25(33)18-8-12-20(30)13-9-18/h5-15,24,33H,1-4H3/b25-23+/t24-/m1/s1. The summed E-state index contributed by atoms with van der Waals surface area (Å²) in [5.74, 6) is -2.39. The Bertz CT molecular complexity index is 1530. The van der Waals surface area contributed by atoms with Crippen molar-refractivity contribution in [2.45, 2.75) is 39.2 Å². The number of aryl methyl sites for hydroxylation is 1. The molecule has 0 bridgehead atoms. The number of Topliss-reactive ketones (excluding diaryl/α,β-unsaturated/α-hetero) is 1. The van der Waals surface area contributed by atoms with E-state index >= 15 is 0 Å². The van der Waals surface area contributed by atoms with Crippen molar-refractivity contribution in [3.63, 3.8) is 0 Å². The number of anilines is 1. The predicted octanol–water partition coefficient (Wildman–Crippen LogP) is 6.67. The molecule has 1 amide bonds. The van der Waals surface area contributed by atoms with Crippen molar-refractivity contribution < 1.29 is 19.1 Å². The van der Waals surface area contributed by atoms with Crippen LogP contribution >= 0.6 is 11.3 Å². The fourth-order valence-corrected chi connectivity index (χ4v) is 5.49. The van der Waals surface area contributed by atoms with Crippen molar-refractivity contribution in [3.8, 4) is 0 Å². The third kappa shape index (κ3) is 4.09. The van der Waals surface area contributed by atoms with Crippen molar-refractivity contribution in [1.29, 1.82) is 0 Å². The molecular weight excluding hydrogens is 475 g/mol. The summed E-state index contributed by atoms with van der Waals surface area (Å²) < 4.78 is 14.4. The average Bonchev–Trinajstić information content (AvgIpc) is 3.36. The number of aliphatic hydroxyl groups is 1. The second kappa shape index (κ2) is 8.68. The van der Waals surface area contributed by atoms with Crippen LogP contribution in [0.25, 0.3) is 16.0 Å². The highest BCUT2D eigenvalue weighted by Gasteiger charge is 2.48. The minimum absolute atomic E-state index is 0.0504. The highest BCUT2D eigenvalue weighted by Crippen LogP contribution is 2.44. The zero-order valence-electron chi connectivity index (χ0n) is 20.4. The number of thiazole rings is 1. The summed E-state index contributed by atoms with van der Waals surface area (Å²) in [6.45, 7) is 8.29. The Labute approximate surface area is 212 Å². The second-order valence-electron chi connectivity index (χ2n) is 10.0. The minimum atomic E-state index is -0.884. The van der Waals surface area contributed by atoms with Crippen LogP contribution in [-0.4, -0.2) is 21.8 Å². The zero-order chi connectivity index (χ0) is 25.8. The topological polar surface area (TPSA) is 70.5 Å². The van der Waals surface area contributed by atoms with E-state index in [-0.39, 0.29) is 22.3 Å². The lowest BCUT2D eigenvalue weighted by Crippen LogP contribution is -2.29. The number of rotatable bonds is 3. The van der Waals surface area contributed by atoms with E-state index in [1.807, 2.05) is 49.4 Å². The van der Waals surface area contributed by atoms with Gasteiger partial charge in [0.15, 0.2) is 5.13 Å². The van der Waals surface area contributed by atoms with Crippen LogP contribution in [0.5, 0.6) is 0 Å². The van der Waals surface area contributed by atoms with Gasteiger partial charge in [-0.25, -0.2) is 9.37 Å². The Balaban J connectivity index is 1.71. The first kappa shape index (κ1) is 23.9. The molecule has 1 aromatic heterocycles. The number of aromatic nitrogens is 1. The van der Waals surface area contributed by atoms with E-state index < -0.39 is 23.5 Å². The maximum atomic E-state index is 13.5. The van der Waals surface area contributed by atoms with Gasteiger partial charge in [-0.3, -0.25) is 14.5 Å². The summed E-state index contributed by atoms with van der Waals surface area (Å²) in [6.07, 6.45) is 0. The number of aliphatic hydroxyl groups excluding tert-OH is 1. The van der Waals surface area contributed by atoms with E-state index in [0.717, 1.165) is 21.3 Å². The smallest absolute Gasteiger partial charge is 0.301 e. The zero-order valence-corrected chi connectivity index (χ0v) is 21.2. The number of benzene rings is 3. The van der Waals surface area contributed by atoms with Crippen molar-refractivity contribution in [1.82, 2.24) is 4.98 Å². The van der Waals surface area contributed by atoms with Gasteiger partial charge in [-0.05, 0) is 65.4 Å². The van der Waals surface area contributed by atoms with Gasteiger partial charge in [0.1, 0.15) is 11.6 Å². The number of nitrogens with zero attached hydrogens (tertiary/aromatic N) is 2. The van der Waals surface area contributed by atoms with E-state index in [1.54, 1.807) is 0 Å². The molecule has 0 aliphatic carbocycles. The summed E-state index contributed by atoms with van der Waals surface area (Å²) in [4.78, 5) is 32.8. The second-order valence-corrected chi connectivity index (χ2v) is 11.0. The molecule has 1 aliphatic heterocycles. The van der Waals surface area contributed by atoms with Gasteiger partial charge in [-0.2, -0.15) is 0 Å². The summed E-state index contributed by atoms with van der Waals surface area (Å²) in [6, 6.07) is 17.8. The van der Waals surface area contributed by atoms with Crippen molar-refractivity contribution in [3.05, 3.63) is 100 Å². The Morgan fingerprint density at radius 3 is 2.31 bits per heavy atom. The van der Waals surface area contributed by atoms with Crippen LogP contribution < -0.4 is 4.90 Å². The number of amides is 1. The molecule has 36 heavy (non-hydrogen) atoms. The Morgan fingerprint density at radius 1 is 1.00 bits per heavy atom. The Kier molecular flexibility index (Phi) is 5.75. The number of carbonyl (C=O) groups is 2. The van der Waals surface area contributed by atoms with E-state index in [9.17, 15) is 19.1 Å². The molecule has 4 aromatic rings. The third-order valence-electron chi connectivity index (χ3n) is 6.39. The lowest BCUT2D eigenvalue weighted by molar-refractivity contribution is -0.132. The van der Waals surface area contributed by atoms with Crippen LogP contribution in [0, 0.1) is 12.7 Å². The molecular formula is C29H25FN2O3S. The highest BCUT2D eigenvalue weighted by molar-refractivity contribution is 7.22. The van der Waals surface area contributed by atoms with Crippen LogP contribution in [0.15, 0.2) is 72.3 Å². The summed E-state index contributed by atoms with van der Waals surface area (Å²) in [7, 11) is 0. The van der Waals surface area contributed by atoms with E-state index in [2.05, 4.69) is 25.8 Å². The van der Waals surface area contributed by atoms with Crippen molar-refractivity contribution in [2.75, 3.05) is 4.90 Å². The molecule has 1 N–H and O–H groups in total. The van der Waals surface area contributed by atoms with Crippen LogP contribution in [-0.2, 0) is 15.0 Å². The molecule has 2 heterocycles. The lowest BCUT2D eigenvalue weighted by Gasteiger charge is -2.24. The minimum Gasteiger partial charge on any atom is -0.507 e. The first-order chi connectivity index (χ1) is 17.0. The fraction of sp³-hybridized carbons (Fsp3) is 0.207. The van der Waals surface area contributed by atoms with Crippen molar-refractivity contribution in [2.24, 2.45) is 0 Å². The monoisotopic (exact) mass is 500 g/mol. The van der Waals surface area contributed by atoms with Gasteiger partial charge in [0.25, 0.3) is 5.78 Å². The maximum Gasteiger partial charge on any atom is 0.301 e. The summed E-state index contributed by atoms with van der Waals surface area (Å²) >= 11 is 1.32. The average molecular weight is 501 g/mol. The van der Waals surface area contributed by atoms with Gasteiger partial charge >= 0.3 is 5.91 Å². The number of halogens is 1. The molecule has 0 radical (unpaired) electrons. The molecule has 0 spiro atoms. The lowest BCUT2D eigenvalue weighted by atomic mass is 9.85. The normalized spacial score (nSPS) is 17.8. The molecule has 182 valence electrons. The molecule has 1 saturated heterocycles. The fourth-order valence-electron chi connectivity index (χ4n) is 4.40. The SMILES string of the molecule is Cc1ccc2nc(N3C(=O)C(=O)/C(=C(/O)c4ccc(F)cc4)[C@H]3c3ccc(C(C)(C)C)cc3)sc2c1. The number of hydrogen-bond donors (Lipinski definition) is 1. The molecule has 0 unspecified atom stereocenters. The number of carbonyl (C=O) groups excluding carboxylic acids is 2. The highest BCUT2D eigenvalue weighted by atomic mass is 32.1. The number of fused-ring (bicyclic) bond motifs is 1. The quantitative estimate of drug-likeness (QED) is 0.194. The molecule has 3 aromatic carbocycles. The predicted molar refractivity (Wildman–Crippen MR) is 141 cm³/mol. The molecule has 0 saturated carbocycles. The number of hydrogen-bond acceptors (Lipinski definition) is 5. The van der Waals surface area contributed by atoms with Crippen LogP contribution in [0.4, 0.5) is 9.52 Å². The van der Waals surface area contributed by atoms with Crippen LogP contribution in [0.1, 0.15) is 49.1 Å². The molecule has 7 heteroatoms. The molecule has 5 rings (SSSR count). The Hall–Kier alpha value is -3.84. The molecule has 1 atom stereocenters. The van der Waals surface area contributed by atoms with Gasteiger partial charge in [0.05, 0.1) is 21.8 Å². The van der Waals surface area contributed by atoms with Gasteiger partial charge in [-0.1, -0.05) is 62.4 Å². The van der Waals surface area contributed by atoms with E-state index in [1.165, 1.54) is 40.5 Å². The molecule has 5 nitrogen and oxygen atoms in total. The van der Waals surface area contributed by atoms with Crippen LogP contribution in [0.3, 0.4) is 0 Å². The van der Waals surface area contributed by atoms with Crippen molar-refractivity contribution >= 4 is 44.1 Å². The van der Waals surface area contributed by atoms with Gasteiger partial charge < -0.3 is 5.11 Å². The third-order valence-corrected chi connectivity index (χ3v) is 7.41. The van der Waals surface area contributed by atoms with Gasteiger partial charge in [-0.15, -0.1) is 0 Å². The molecule has 1 aliphatic rings. The number of ketones is 1. The maximum absolute atomic E-state index is 13.5. The summed E-state index contributed by atoms with van der Waals surface area (Å²) in [5, 5.41) is 11.6. The summed E-state index contributed by atoms with van der Waals surface area (Å²) in [5.41, 5.74) is 3.67. The molecule has 1 fully saturated rings.